The molecule has 0 radical (unpaired) electrons. The number of rotatable bonds is 8. The average Bonchev–Trinajstić information content (AvgIpc) is 3.40. The smallest absolute Gasteiger partial charge is 0.340 e. The molecule has 16 heteroatoms. The number of hydrogen-bond acceptors (Lipinski definition) is 9. The van der Waals surface area contributed by atoms with E-state index in [1.165, 1.54) is 16.8 Å². The lowest BCUT2D eigenvalue weighted by Gasteiger charge is -2.26. The van der Waals surface area contributed by atoms with E-state index in [1.54, 1.807) is 0 Å². The molecule has 3 heterocycles. The van der Waals surface area contributed by atoms with Gasteiger partial charge in [0.05, 0.1) is 31.2 Å². The van der Waals surface area contributed by atoms with Crippen LogP contribution >= 0.6 is 26.8 Å². The molecule has 5 N–H and O–H groups in total. The summed E-state index contributed by atoms with van der Waals surface area (Å²) in [6.07, 6.45) is 2.30. The Bertz CT molecular complexity index is 1120. The maximum Gasteiger partial charge on any atom is 0.340 e. The van der Waals surface area contributed by atoms with Crippen LogP contribution in [-0.4, -0.2) is 76.9 Å². The molecule has 13 nitrogen and oxygen atoms in total. The lowest BCUT2D eigenvalue weighted by atomic mass is 9.93. The molecule has 1 aliphatic heterocycles. The molecule has 2 fully saturated rings. The van der Waals surface area contributed by atoms with Crippen molar-refractivity contribution < 1.29 is 48.0 Å². The van der Waals surface area contributed by atoms with Gasteiger partial charge in [0, 0.05) is 6.07 Å². The zero-order valence-corrected chi connectivity index (χ0v) is 19.8. The van der Waals surface area contributed by atoms with Crippen molar-refractivity contribution in [1.29, 1.82) is 0 Å². The van der Waals surface area contributed by atoms with Gasteiger partial charge in [0.15, 0.2) is 28.1 Å². The molecule has 0 bridgehead atoms. The molecule has 33 heavy (non-hydrogen) atoms. The van der Waals surface area contributed by atoms with Crippen molar-refractivity contribution in [2.75, 3.05) is 19.1 Å². The Balaban J connectivity index is 1.55. The van der Waals surface area contributed by atoms with Gasteiger partial charge in [-0.3, -0.25) is 9.13 Å². The van der Waals surface area contributed by atoms with Gasteiger partial charge in [0.1, 0.15) is 12.2 Å². The molecule has 4 rings (SSSR count). The third-order valence-electron chi connectivity index (χ3n) is 5.61. The fraction of sp³-hybridized carbons (Fsp3) is 0.647. The maximum absolute atomic E-state index is 11.9. The minimum atomic E-state index is -4.81. The van der Waals surface area contributed by atoms with E-state index in [-0.39, 0.29) is 22.6 Å². The lowest BCUT2D eigenvalue weighted by molar-refractivity contribution is -0.0624. The minimum Gasteiger partial charge on any atom is -0.486 e. The van der Waals surface area contributed by atoms with Crippen LogP contribution in [0.1, 0.15) is 31.4 Å². The van der Waals surface area contributed by atoms with E-state index >= 15 is 0 Å². The van der Waals surface area contributed by atoms with E-state index in [4.69, 9.17) is 35.4 Å². The van der Waals surface area contributed by atoms with Gasteiger partial charge in [-0.15, -0.1) is 0 Å². The van der Waals surface area contributed by atoms with E-state index in [9.17, 15) is 24.2 Å². The van der Waals surface area contributed by atoms with Crippen molar-refractivity contribution in [2.45, 2.75) is 49.6 Å². The summed E-state index contributed by atoms with van der Waals surface area (Å²) in [5, 5.41) is 26.2. The maximum atomic E-state index is 11.9. The normalized spacial score (nSPS) is 28.4. The van der Waals surface area contributed by atoms with Crippen LogP contribution in [-0.2, 0) is 24.0 Å². The number of imidazole rings is 1. The fourth-order valence-electron chi connectivity index (χ4n) is 4.03. The molecular weight excluding hydrogens is 504 g/mol. The summed E-state index contributed by atoms with van der Waals surface area (Å²) in [4.78, 5) is 31.6. The van der Waals surface area contributed by atoms with Crippen molar-refractivity contribution in [3.63, 3.8) is 0 Å². The highest BCUT2D eigenvalue weighted by molar-refractivity contribution is 7.70. The number of hydrogen-bond donors (Lipinski definition) is 5. The molecule has 0 aromatic carbocycles. The van der Waals surface area contributed by atoms with Gasteiger partial charge in [0.25, 0.3) is 0 Å². The first-order valence-electron chi connectivity index (χ1n) is 10.1. The van der Waals surface area contributed by atoms with Gasteiger partial charge in [0.2, 0.25) is 0 Å². The zero-order valence-electron chi connectivity index (χ0n) is 17.2. The first kappa shape index (κ1) is 25.0. The summed E-state index contributed by atoms with van der Waals surface area (Å²) in [6.45, 7) is -1.13. The Morgan fingerprint density at radius 1 is 1.27 bits per heavy atom. The second kappa shape index (κ2) is 9.16. The van der Waals surface area contributed by atoms with E-state index in [1.807, 2.05) is 0 Å². The molecule has 1 saturated carbocycles. The minimum absolute atomic E-state index is 0.0137. The van der Waals surface area contributed by atoms with Crippen LogP contribution in [0.15, 0.2) is 12.3 Å². The topological polar surface area (TPSA) is 193 Å². The van der Waals surface area contributed by atoms with Crippen LogP contribution in [0.4, 0.5) is 0 Å². The molecule has 2 aromatic rings. The van der Waals surface area contributed by atoms with Gasteiger partial charge >= 0.3 is 15.2 Å². The Labute approximate surface area is 193 Å². The monoisotopic (exact) mass is 527 g/mol. The summed E-state index contributed by atoms with van der Waals surface area (Å²) >= 11 is 6.15. The second-order valence-corrected chi connectivity index (χ2v) is 12.6. The predicted octanol–water partition coefficient (Wildman–Crippen LogP) is 0.989. The number of nitrogens with zero attached hydrogens (tertiary/aromatic N) is 3. The Morgan fingerprint density at radius 2 is 1.97 bits per heavy atom. The number of aromatic nitrogens is 3. The molecule has 0 amide bonds. The van der Waals surface area contributed by atoms with Gasteiger partial charge < -0.3 is 38.9 Å². The highest BCUT2D eigenvalue weighted by Crippen LogP contribution is 2.55. The molecule has 1 saturated heterocycles. The molecule has 2 aromatic heterocycles. The van der Waals surface area contributed by atoms with Crippen LogP contribution < -0.4 is 4.74 Å². The van der Waals surface area contributed by atoms with Crippen molar-refractivity contribution >= 4 is 32.4 Å². The predicted molar refractivity (Wildman–Crippen MR) is 113 cm³/mol. The van der Waals surface area contributed by atoms with Crippen LogP contribution in [0.2, 0.25) is 5.15 Å². The van der Waals surface area contributed by atoms with Crippen LogP contribution in [0.3, 0.4) is 0 Å². The third kappa shape index (κ3) is 5.43. The quantitative estimate of drug-likeness (QED) is 0.306. The van der Waals surface area contributed by atoms with Gasteiger partial charge in [-0.05, 0) is 25.7 Å². The first-order chi connectivity index (χ1) is 15.4. The zero-order chi connectivity index (χ0) is 24.0. The van der Waals surface area contributed by atoms with Gasteiger partial charge in [-0.2, -0.15) is 5.10 Å². The lowest BCUT2D eigenvalue weighted by Crippen LogP contribution is -2.43. The van der Waals surface area contributed by atoms with Crippen LogP contribution in [0.5, 0.6) is 5.75 Å². The molecule has 0 spiro atoms. The Kier molecular flexibility index (Phi) is 6.94. The van der Waals surface area contributed by atoms with Crippen molar-refractivity contribution in [1.82, 2.24) is 14.6 Å². The number of ether oxygens (including phenoxy) is 2. The van der Waals surface area contributed by atoms with Crippen LogP contribution in [0, 0.1) is 0 Å². The standard InChI is InChI=1S/C17H24ClN3O10P2/c18-14-5-11(31-10-3-1-2-4-10)16-19-6-13(21(16)20-14)17(23)8-29-12(15(17)22)7-30-33(27,28)9-32(24,25)26/h5-6,10,12,15,22-23H,1-4,7-9H2,(H,27,28)(H2,24,25,26)/t12-,15-,17-/m1/s1. The Morgan fingerprint density at radius 3 is 2.64 bits per heavy atom. The molecule has 4 atom stereocenters. The second-order valence-electron chi connectivity index (χ2n) is 8.19. The van der Waals surface area contributed by atoms with E-state index in [2.05, 4.69) is 10.1 Å². The van der Waals surface area contributed by atoms with Crippen molar-refractivity contribution in [3.05, 3.63) is 23.1 Å². The van der Waals surface area contributed by atoms with Crippen LogP contribution in [0.25, 0.3) is 5.65 Å². The fourth-order valence-corrected chi connectivity index (χ4v) is 6.77. The SMILES string of the molecule is O=P(O)(O)CP(=O)(O)OC[C@H]1OC[C@@](O)(c2cnc3c(OC4CCCC4)cc(Cl)nn23)[C@@H]1O. The highest BCUT2D eigenvalue weighted by Gasteiger charge is 2.52. The summed E-state index contributed by atoms with van der Waals surface area (Å²) < 4.78 is 40.2. The average molecular weight is 528 g/mol. The number of aliphatic hydroxyl groups is 2. The summed E-state index contributed by atoms with van der Waals surface area (Å²) in [5.41, 5.74) is -1.70. The number of aliphatic hydroxyl groups excluding tert-OH is 1. The summed E-state index contributed by atoms with van der Waals surface area (Å²) in [5.74, 6) is -1.00. The summed E-state index contributed by atoms with van der Waals surface area (Å²) in [6, 6.07) is 1.52. The molecular formula is C17H24ClN3O10P2. The largest absolute Gasteiger partial charge is 0.486 e. The highest BCUT2D eigenvalue weighted by atomic mass is 35.5. The first-order valence-corrected chi connectivity index (χ1v) is 14.1. The van der Waals surface area contributed by atoms with Gasteiger partial charge in [-0.1, -0.05) is 11.6 Å². The van der Waals surface area contributed by atoms with Gasteiger partial charge in [-0.25, -0.2) is 9.50 Å². The third-order valence-corrected chi connectivity index (χ3v) is 9.25. The molecule has 184 valence electrons. The van der Waals surface area contributed by atoms with E-state index in [0.717, 1.165) is 25.7 Å². The number of fused-ring (bicyclic) bond motifs is 1. The molecule has 1 aliphatic carbocycles. The van der Waals surface area contributed by atoms with Crippen molar-refractivity contribution in [3.8, 4) is 5.75 Å². The molecule has 2 aliphatic rings. The van der Waals surface area contributed by atoms with Crippen molar-refractivity contribution in [2.24, 2.45) is 0 Å². The molecule has 1 unspecified atom stereocenters. The number of halogens is 1. The summed E-state index contributed by atoms with van der Waals surface area (Å²) in [7, 11) is -9.47. The van der Waals surface area contributed by atoms with E-state index < -0.39 is 52.1 Å². The van der Waals surface area contributed by atoms with E-state index in [0.29, 0.717) is 5.75 Å². The Hall–Kier alpha value is -1.11.